The highest BCUT2D eigenvalue weighted by molar-refractivity contribution is 7.91. The first-order valence-electron chi connectivity index (χ1n) is 20.9. The molecule has 0 bridgehead atoms. The summed E-state index contributed by atoms with van der Waals surface area (Å²) in [5, 5.41) is 14.6. The van der Waals surface area contributed by atoms with Gasteiger partial charge in [-0.3, -0.25) is 24.0 Å². The van der Waals surface area contributed by atoms with Crippen LogP contribution in [0.15, 0.2) is 36.5 Å². The standard InChI is InChI=1S/C42H55F3N6O9S/c1-7-25-20-24(2)10-8-9-11-26-22-41(26,37(54)48-61(57,58)40(5)15-16-40)47-34(52)31-21-27(23-50(31)36(53)32(25)51(38(55)56)39(3,4)42(43,44)45)60-35-29-12-13-30-33(28(29)14-17-46-35)59-19-18-49(30)6/h9,11-14,17,24-27,31-32H,7-8,10,15-16,18-23H2,1-6H3,(H,47,52)(H,48,54)(H,55,56)/t24-,25+,26+,27+,31-,32-,41+/m0/s1. The summed E-state index contributed by atoms with van der Waals surface area (Å²) < 4.78 is 84.6. The first kappa shape index (κ1) is 44.3. The summed E-state index contributed by atoms with van der Waals surface area (Å²) >= 11 is 0. The molecule has 1 saturated heterocycles. The van der Waals surface area contributed by atoms with E-state index < -0.39 is 85.9 Å². The molecular formula is C42H55F3N6O9S. The minimum absolute atomic E-state index is 0.0536. The van der Waals surface area contributed by atoms with Crippen LogP contribution in [0.2, 0.25) is 0 Å². The largest absolute Gasteiger partial charge is 0.489 e. The Labute approximate surface area is 353 Å². The number of aromatic nitrogens is 1. The number of carboxylic acid groups (broad SMARTS) is 1. The summed E-state index contributed by atoms with van der Waals surface area (Å²) in [6, 6.07) is 2.07. The van der Waals surface area contributed by atoms with Crippen molar-refractivity contribution in [1.29, 1.82) is 0 Å². The Morgan fingerprint density at radius 2 is 1.87 bits per heavy atom. The number of alkyl halides is 3. The summed E-state index contributed by atoms with van der Waals surface area (Å²) in [6.07, 6.45) is -1.09. The molecule has 1 aromatic carbocycles. The van der Waals surface area contributed by atoms with Crippen molar-refractivity contribution in [3.63, 3.8) is 0 Å². The average Bonchev–Trinajstić information content (AvgIpc) is 4.07. The van der Waals surface area contributed by atoms with Crippen molar-refractivity contribution in [2.75, 3.05) is 31.6 Å². The number of benzene rings is 1. The number of ether oxygens (including phenoxy) is 2. The second-order valence-corrected chi connectivity index (χ2v) is 20.4. The number of nitrogens with zero attached hydrogens (tertiary/aromatic N) is 4. The summed E-state index contributed by atoms with van der Waals surface area (Å²) in [5.74, 6) is -3.76. The van der Waals surface area contributed by atoms with E-state index >= 15 is 4.79 Å². The van der Waals surface area contributed by atoms with Crippen molar-refractivity contribution in [3.8, 4) is 11.6 Å². The van der Waals surface area contributed by atoms with Crippen molar-refractivity contribution in [1.82, 2.24) is 24.8 Å². The van der Waals surface area contributed by atoms with Gasteiger partial charge in [0.1, 0.15) is 35.9 Å². The normalized spacial score (nSPS) is 29.2. The van der Waals surface area contributed by atoms with Crippen molar-refractivity contribution in [2.45, 2.75) is 126 Å². The number of allylic oxidation sites excluding steroid dienone is 1. The zero-order valence-corrected chi connectivity index (χ0v) is 36.1. The Bertz CT molecular complexity index is 2230. The molecule has 0 spiro atoms. The molecule has 2 aliphatic carbocycles. The average molecular weight is 877 g/mol. The van der Waals surface area contributed by atoms with Crippen molar-refractivity contribution >= 4 is 50.3 Å². The first-order chi connectivity index (χ1) is 28.5. The molecule has 5 aliphatic rings. The van der Waals surface area contributed by atoms with Crippen LogP contribution in [0, 0.1) is 17.8 Å². The van der Waals surface area contributed by atoms with Gasteiger partial charge in [-0.25, -0.2) is 18.2 Å². The van der Waals surface area contributed by atoms with Crippen LogP contribution >= 0.6 is 0 Å². The van der Waals surface area contributed by atoms with Gasteiger partial charge >= 0.3 is 12.3 Å². The maximum Gasteiger partial charge on any atom is 0.411 e. The Balaban J connectivity index is 1.30. The van der Waals surface area contributed by atoms with E-state index in [0.717, 1.165) is 10.6 Å². The molecule has 0 radical (unpaired) electrons. The van der Waals surface area contributed by atoms with E-state index in [1.165, 1.54) is 13.1 Å². The maximum atomic E-state index is 15.2. The number of rotatable bonds is 8. The molecule has 0 unspecified atom stereocenters. The molecule has 15 nitrogen and oxygen atoms in total. The number of fused-ring (bicyclic) bond motifs is 5. The lowest BCUT2D eigenvalue weighted by Crippen LogP contribution is -2.66. The van der Waals surface area contributed by atoms with Crippen molar-refractivity contribution in [3.05, 3.63) is 36.5 Å². The predicted molar refractivity (Wildman–Crippen MR) is 218 cm³/mol. The molecule has 3 aliphatic heterocycles. The van der Waals surface area contributed by atoms with E-state index in [1.54, 1.807) is 25.1 Å². The highest BCUT2D eigenvalue weighted by atomic mass is 32.2. The molecule has 2 aromatic rings. The molecule has 3 fully saturated rings. The number of hydrogen-bond donors (Lipinski definition) is 3. The van der Waals surface area contributed by atoms with Crippen molar-refractivity contribution < 1.29 is 55.3 Å². The molecule has 4 heterocycles. The molecule has 7 atom stereocenters. The van der Waals surface area contributed by atoms with Gasteiger partial charge in [0, 0.05) is 36.4 Å². The molecule has 61 heavy (non-hydrogen) atoms. The van der Waals surface area contributed by atoms with Gasteiger partial charge in [0.25, 0.3) is 5.91 Å². The molecule has 3 N–H and O–H groups in total. The molecule has 1 aromatic heterocycles. The van der Waals surface area contributed by atoms with Crippen molar-refractivity contribution in [2.24, 2.45) is 17.8 Å². The molecule has 4 amide bonds. The van der Waals surface area contributed by atoms with Crippen LogP contribution in [-0.4, -0.2) is 119 Å². The van der Waals surface area contributed by atoms with E-state index in [0.29, 0.717) is 69.2 Å². The minimum atomic E-state index is -5.10. The van der Waals surface area contributed by atoms with Crippen LogP contribution in [0.3, 0.4) is 0 Å². The van der Waals surface area contributed by atoms with Gasteiger partial charge in [0.05, 0.1) is 23.5 Å². The van der Waals surface area contributed by atoms with Gasteiger partial charge in [-0.1, -0.05) is 32.4 Å². The van der Waals surface area contributed by atoms with E-state index in [9.17, 15) is 41.1 Å². The first-order valence-corrected chi connectivity index (χ1v) is 22.4. The van der Waals surface area contributed by atoms with Crippen LogP contribution in [0.5, 0.6) is 11.6 Å². The Hall–Kier alpha value is -4.81. The molecule has 19 heteroatoms. The summed E-state index contributed by atoms with van der Waals surface area (Å²) in [6.45, 7) is 7.27. The van der Waals surface area contributed by atoms with E-state index in [1.807, 2.05) is 31.0 Å². The number of carbonyl (C=O) groups is 4. The lowest BCUT2D eigenvalue weighted by atomic mass is 9.82. The Kier molecular flexibility index (Phi) is 11.5. The highest BCUT2D eigenvalue weighted by Crippen LogP contribution is 2.48. The van der Waals surface area contributed by atoms with E-state index in [2.05, 4.69) is 15.0 Å². The predicted octanol–water partition coefficient (Wildman–Crippen LogP) is 5.38. The lowest BCUT2D eigenvalue weighted by Gasteiger charge is -2.46. The number of nitrogens with one attached hydrogen (secondary N) is 2. The second-order valence-electron chi connectivity index (χ2n) is 18.2. The Morgan fingerprint density at radius 1 is 1.15 bits per heavy atom. The number of amides is 4. The molecule has 2 saturated carbocycles. The number of anilines is 1. The SMILES string of the molecule is CC[C@@H]1C[C@@H](C)CCC=C[C@@H]2C[C@@]2(C(=O)NS(=O)(=O)C2(C)CC2)NC(=O)[C@@H]2C[C@@H](Oc3nccc4c5c(ccc34)N(C)CCO5)CN2C(=O)[C@H]1N(C(=O)O)C(C)(C)C(F)(F)F. The molecular weight excluding hydrogens is 822 g/mol. The number of likely N-dealkylation sites (N-methyl/N-ethyl adjacent to an activating group) is 1. The van der Waals surface area contributed by atoms with Gasteiger partial charge in [0.15, 0.2) is 5.75 Å². The summed E-state index contributed by atoms with van der Waals surface area (Å²) in [7, 11) is -2.19. The van der Waals surface area contributed by atoms with Crippen LogP contribution < -0.4 is 24.4 Å². The fraction of sp³-hybridized carbons (Fsp3) is 0.643. The lowest BCUT2D eigenvalue weighted by molar-refractivity contribution is -0.222. The Morgan fingerprint density at radius 3 is 2.52 bits per heavy atom. The second kappa shape index (κ2) is 15.8. The zero-order chi connectivity index (χ0) is 44.4. The van der Waals surface area contributed by atoms with Crippen LogP contribution in [0.4, 0.5) is 23.7 Å². The van der Waals surface area contributed by atoms with E-state index in [-0.39, 0.29) is 48.9 Å². The molecule has 334 valence electrons. The minimum Gasteiger partial charge on any atom is -0.489 e. The van der Waals surface area contributed by atoms with Gasteiger partial charge in [0.2, 0.25) is 27.7 Å². The topological polar surface area (TPSA) is 188 Å². The third-order valence-corrected chi connectivity index (χ3v) is 15.7. The van der Waals surface area contributed by atoms with Gasteiger partial charge in [-0.2, -0.15) is 13.2 Å². The fourth-order valence-electron chi connectivity index (χ4n) is 9.07. The smallest absolute Gasteiger partial charge is 0.411 e. The molecule has 7 rings (SSSR count). The van der Waals surface area contributed by atoms with Gasteiger partial charge < -0.3 is 29.7 Å². The highest BCUT2D eigenvalue weighted by Gasteiger charge is 2.64. The summed E-state index contributed by atoms with van der Waals surface area (Å²) in [5.41, 5.74) is -3.90. The van der Waals surface area contributed by atoms with Gasteiger partial charge in [-0.05, 0) is 89.3 Å². The maximum absolute atomic E-state index is 15.2. The quantitative estimate of drug-likeness (QED) is 0.289. The van der Waals surface area contributed by atoms with Crippen LogP contribution in [0.1, 0.15) is 86.0 Å². The number of sulfonamides is 1. The monoisotopic (exact) mass is 876 g/mol. The van der Waals surface area contributed by atoms with Gasteiger partial charge in [-0.15, -0.1) is 0 Å². The number of halogens is 3. The van der Waals surface area contributed by atoms with Crippen LogP contribution in [0.25, 0.3) is 10.8 Å². The zero-order valence-electron chi connectivity index (χ0n) is 35.3. The third-order valence-electron chi connectivity index (χ3n) is 13.5. The number of hydrogen-bond acceptors (Lipinski definition) is 10. The number of carbonyl (C=O) groups excluding carboxylic acids is 3. The fourth-order valence-corrected chi connectivity index (χ4v) is 10.4. The summed E-state index contributed by atoms with van der Waals surface area (Å²) in [4.78, 5) is 64.8. The van der Waals surface area contributed by atoms with E-state index in [4.69, 9.17) is 9.47 Å². The van der Waals surface area contributed by atoms with Crippen LogP contribution in [-0.2, 0) is 24.4 Å². The third kappa shape index (κ3) is 8.06. The number of pyridine rings is 1.